The predicted molar refractivity (Wildman–Crippen MR) is 67.2 cm³/mol. The molecule has 0 fully saturated rings. The lowest BCUT2D eigenvalue weighted by molar-refractivity contribution is 0.544. The van der Waals surface area contributed by atoms with Gasteiger partial charge in [-0.1, -0.05) is 31.9 Å². The maximum Gasteiger partial charge on any atom is 0.245 e. The molecular weight excluding hydrogens is 247 g/mol. The molecular formula is C10H16Cl2N4. The smallest absolute Gasteiger partial charge is 0.245 e. The van der Waals surface area contributed by atoms with E-state index in [0.717, 1.165) is 19.5 Å². The van der Waals surface area contributed by atoms with E-state index in [-0.39, 0.29) is 5.28 Å². The van der Waals surface area contributed by atoms with Crippen molar-refractivity contribution in [3.05, 3.63) is 10.4 Å². The number of anilines is 1. The summed E-state index contributed by atoms with van der Waals surface area (Å²) in [5, 5.41) is 7.79. The first kappa shape index (κ1) is 13.5. The molecule has 0 N–H and O–H groups in total. The maximum absolute atomic E-state index is 5.96. The minimum absolute atomic E-state index is 0.127. The van der Waals surface area contributed by atoms with Crippen LogP contribution in [0.25, 0.3) is 0 Å². The van der Waals surface area contributed by atoms with Crippen molar-refractivity contribution in [2.24, 2.45) is 5.92 Å². The van der Waals surface area contributed by atoms with Crippen molar-refractivity contribution in [1.29, 1.82) is 0 Å². The Balaban J connectivity index is 2.89. The highest BCUT2D eigenvalue weighted by Crippen LogP contribution is 2.22. The number of nitrogens with zero attached hydrogens (tertiary/aromatic N) is 4. The Morgan fingerprint density at radius 1 is 1.25 bits per heavy atom. The van der Waals surface area contributed by atoms with Crippen LogP contribution in [0.1, 0.15) is 27.2 Å². The summed E-state index contributed by atoms with van der Waals surface area (Å²) in [5.74, 6) is 1.19. The van der Waals surface area contributed by atoms with Crippen LogP contribution in [0.15, 0.2) is 0 Å². The minimum atomic E-state index is 0.127. The highest BCUT2D eigenvalue weighted by atomic mass is 35.5. The van der Waals surface area contributed by atoms with Gasteiger partial charge >= 0.3 is 0 Å². The van der Waals surface area contributed by atoms with Crippen molar-refractivity contribution in [2.45, 2.75) is 27.2 Å². The monoisotopic (exact) mass is 262 g/mol. The van der Waals surface area contributed by atoms with Crippen LogP contribution >= 0.6 is 23.2 Å². The van der Waals surface area contributed by atoms with E-state index < -0.39 is 0 Å². The second-order valence-electron chi connectivity index (χ2n) is 3.75. The van der Waals surface area contributed by atoms with E-state index in [1.807, 2.05) is 0 Å². The summed E-state index contributed by atoms with van der Waals surface area (Å²) in [4.78, 5) is 6.18. The van der Waals surface area contributed by atoms with Gasteiger partial charge in [0.1, 0.15) is 0 Å². The van der Waals surface area contributed by atoms with Crippen LogP contribution in [-0.2, 0) is 0 Å². The molecule has 0 amide bonds. The summed E-state index contributed by atoms with van der Waals surface area (Å²) in [6.45, 7) is 8.10. The van der Waals surface area contributed by atoms with Crippen molar-refractivity contribution in [1.82, 2.24) is 15.2 Å². The van der Waals surface area contributed by atoms with Gasteiger partial charge in [0, 0.05) is 13.1 Å². The minimum Gasteiger partial charge on any atom is -0.354 e. The van der Waals surface area contributed by atoms with E-state index in [9.17, 15) is 0 Å². The van der Waals surface area contributed by atoms with Gasteiger partial charge in [0.25, 0.3) is 0 Å². The SMILES string of the molecule is CCC(C)CN(CC)c1nc(Cl)nnc1Cl. The Bertz CT molecular complexity index is 346. The van der Waals surface area contributed by atoms with E-state index in [0.29, 0.717) is 16.9 Å². The Morgan fingerprint density at radius 2 is 1.94 bits per heavy atom. The van der Waals surface area contributed by atoms with Gasteiger partial charge in [-0.25, -0.2) is 0 Å². The molecule has 90 valence electrons. The van der Waals surface area contributed by atoms with Crippen LogP contribution in [0.4, 0.5) is 5.82 Å². The first-order valence-corrected chi connectivity index (χ1v) is 6.14. The third-order valence-corrected chi connectivity index (χ3v) is 2.92. The van der Waals surface area contributed by atoms with Crippen LogP contribution in [0.5, 0.6) is 0 Å². The maximum atomic E-state index is 5.96. The Labute approximate surface area is 106 Å². The summed E-state index contributed by atoms with van der Waals surface area (Å²) in [6.07, 6.45) is 1.11. The molecule has 1 aromatic heterocycles. The van der Waals surface area contributed by atoms with Gasteiger partial charge in [-0.05, 0) is 24.4 Å². The molecule has 16 heavy (non-hydrogen) atoms. The number of rotatable bonds is 5. The van der Waals surface area contributed by atoms with Gasteiger partial charge in [0.05, 0.1) is 0 Å². The second kappa shape index (κ2) is 6.21. The van der Waals surface area contributed by atoms with Crippen molar-refractivity contribution in [2.75, 3.05) is 18.0 Å². The van der Waals surface area contributed by atoms with Crippen LogP contribution in [0.2, 0.25) is 10.4 Å². The Kier molecular flexibility index (Phi) is 5.22. The fraction of sp³-hybridized carbons (Fsp3) is 0.700. The van der Waals surface area contributed by atoms with Gasteiger partial charge < -0.3 is 4.90 Å². The molecule has 0 aliphatic heterocycles. The number of hydrogen-bond donors (Lipinski definition) is 0. The summed E-state index contributed by atoms with van der Waals surface area (Å²) in [7, 11) is 0. The van der Waals surface area contributed by atoms with Crippen LogP contribution in [0.3, 0.4) is 0 Å². The molecule has 0 aromatic carbocycles. The molecule has 1 rings (SSSR count). The van der Waals surface area contributed by atoms with E-state index >= 15 is 0 Å². The average Bonchev–Trinajstić information content (AvgIpc) is 2.29. The van der Waals surface area contributed by atoms with Crippen LogP contribution in [0, 0.1) is 5.92 Å². The number of aromatic nitrogens is 3. The molecule has 0 radical (unpaired) electrons. The molecule has 4 nitrogen and oxygen atoms in total. The normalized spacial score (nSPS) is 12.6. The van der Waals surface area contributed by atoms with Crippen molar-refractivity contribution in [3.8, 4) is 0 Å². The molecule has 1 atom stereocenters. The zero-order valence-corrected chi connectivity index (χ0v) is 11.3. The van der Waals surface area contributed by atoms with E-state index in [4.69, 9.17) is 23.2 Å². The molecule has 1 unspecified atom stereocenters. The summed E-state index contributed by atoms with van der Waals surface area (Å²) in [6, 6.07) is 0. The van der Waals surface area contributed by atoms with Gasteiger partial charge in [0.2, 0.25) is 5.28 Å². The third-order valence-electron chi connectivity index (χ3n) is 2.51. The quantitative estimate of drug-likeness (QED) is 0.818. The summed E-state index contributed by atoms with van der Waals surface area (Å²) in [5.41, 5.74) is 0. The molecule has 0 spiro atoms. The molecule has 1 aromatic rings. The molecule has 0 saturated carbocycles. The predicted octanol–water partition coefficient (Wildman–Crippen LogP) is 3.05. The van der Waals surface area contributed by atoms with Crippen molar-refractivity contribution >= 4 is 29.0 Å². The fourth-order valence-corrected chi connectivity index (χ4v) is 1.68. The van der Waals surface area contributed by atoms with E-state index in [2.05, 4.69) is 40.9 Å². The van der Waals surface area contributed by atoms with Gasteiger partial charge in [-0.3, -0.25) is 0 Å². The van der Waals surface area contributed by atoms with Gasteiger partial charge in [-0.2, -0.15) is 4.98 Å². The average molecular weight is 263 g/mol. The first-order chi connectivity index (χ1) is 7.58. The topological polar surface area (TPSA) is 41.9 Å². The van der Waals surface area contributed by atoms with E-state index in [1.54, 1.807) is 0 Å². The molecule has 0 bridgehead atoms. The first-order valence-electron chi connectivity index (χ1n) is 5.39. The lowest BCUT2D eigenvalue weighted by Gasteiger charge is -2.25. The number of hydrogen-bond acceptors (Lipinski definition) is 4. The Morgan fingerprint density at radius 3 is 2.50 bits per heavy atom. The van der Waals surface area contributed by atoms with Crippen LogP contribution < -0.4 is 4.90 Å². The highest BCUT2D eigenvalue weighted by Gasteiger charge is 2.15. The molecule has 1 heterocycles. The molecule has 0 aliphatic carbocycles. The zero-order chi connectivity index (χ0) is 12.1. The van der Waals surface area contributed by atoms with Gasteiger partial charge in [-0.15, -0.1) is 10.2 Å². The molecule has 0 saturated heterocycles. The van der Waals surface area contributed by atoms with Gasteiger partial charge in [0.15, 0.2) is 11.0 Å². The van der Waals surface area contributed by atoms with Crippen molar-refractivity contribution in [3.63, 3.8) is 0 Å². The zero-order valence-electron chi connectivity index (χ0n) is 9.74. The lowest BCUT2D eigenvalue weighted by atomic mass is 10.1. The number of halogens is 2. The standard InChI is InChI=1S/C10H16Cl2N4/c1-4-7(3)6-16(5-2)9-8(11)14-15-10(12)13-9/h7H,4-6H2,1-3H3. The molecule has 0 aliphatic rings. The van der Waals surface area contributed by atoms with Crippen LogP contribution in [-0.4, -0.2) is 28.3 Å². The largest absolute Gasteiger partial charge is 0.354 e. The second-order valence-corrected chi connectivity index (χ2v) is 4.44. The summed E-state index contributed by atoms with van der Waals surface area (Å²) >= 11 is 11.7. The Hall–Kier alpha value is -0.610. The molecule has 6 heteroatoms. The van der Waals surface area contributed by atoms with E-state index in [1.165, 1.54) is 0 Å². The third kappa shape index (κ3) is 3.46. The summed E-state index contributed by atoms with van der Waals surface area (Å²) < 4.78 is 0. The van der Waals surface area contributed by atoms with Crippen molar-refractivity contribution < 1.29 is 0 Å². The fourth-order valence-electron chi connectivity index (χ4n) is 1.36. The highest BCUT2D eigenvalue weighted by molar-refractivity contribution is 6.32. The lowest BCUT2D eigenvalue weighted by Crippen LogP contribution is -2.29.